The van der Waals surface area contributed by atoms with Crippen molar-refractivity contribution < 1.29 is 33.2 Å². The lowest BCUT2D eigenvalue weighted by atomic mass is 10.0. The zero-order chi connectivity index (χ0) is 32.4. The van der Waals surface area contributed by atoms with Crippen LogP contribution < -0.4 is 32.3 Å². The second-order valence-electron chi connectivity index (χ2n) is 10.9. The average Bonchev–Trinajstić information content (AvgIpc) is 3.73. The summed E-state index contributed by atoms with van der Waals surface area (Å²) in [5, 5.41) is 14.3. The third-order valence-corrected chi connectivity index (χ3v) is 7.38. The molecule has 1 aromatic carbocycles. The number of amides is 5. The van der Waals surface area contributed by atoms with Crippen molar-refractivity contribution in [1.82, 2.24) is 26.6 Å². The summed E-state index contributed by atoms with van der Waals surface area (Å²) in [4.78, 5) is 72.6. The highest BCUT2D eigenvalue weighted by Crippen LogP contribution is 2.12. The van der Waals surface area contributed by atoms with E-state index in [0.29, 0.717) is 49.0 Å². The molecule has 3 rings (SSSR count). The molecule has 1 aromatic heterocycles. The van der Waals surface area contributed by atoms with Crippen LogP contribution >= 0.6 is 0 Å². The monoisotopic (exact) mass is 622 g/mol. The number of carbonyl (C=O) groups is 6. The number of unbranched alkanes of at least 4 members (excludes halogenated alkanes) is 1. The summed E-state index contributed by atoms with van der Waals surface area (Å²) in [7, 11) is 0. The van der Waals surface area contributed by atoms with Gasteiger partial charge in [-0.05, 0) is 68.0 Å². The zero-order valence-corrected chi connectivity index (χ0v) is 25.2. The van der Waals surface area contributed by atoms with E-state index in [9.17, 15) is 28.8 Å². The largest absolute Gasteiger partial charge is 0.469 e. The van der Waals surface area contributed by atoms with Gasteiger partial charge in [-0.1, -0.05) is 24.3 Å². The molecule has 5 amide bonds. The van der Waals surface area contributed by atoms with Crippen LogP contribution in [0.1, 0.15) is 55.4 Å². The number of furan rings is 1. The fraction of sp³-hybridized carbons (Fsp3) is 0.438. The van der Waals surface area contributed by atoms with Gasteiger partial charge < -0.3 is 36.7 Å². The molecule has 13 nitrogen and oxygen atoms in total. The minimum Gasteiger partial charge on any atom is -0.469 e. The van der Waals surface area contributed by atoms with E-state index in [1.54, 1.807) is 36.4 Å². The highest BCUT2D eigenvalue weighted by atomic mass is 16.3. The first-order valence-corrected chi connectivity index (χ1v) is 15.1. The molecule has 1 fully saturated rings. The lowest BCUT2D eigenvalue weighted by molar-refractivity contribution is -0.129. The highest BCUT2D eigenvalue weighted by molar-refractivity contribution is 5.91. The van der Waals surface area contributed by atoms with Crippen LogP contribution in [-0.4, -0.2) is 67.0 Å². The fourth-order valence-corrected chi connectivity index (χ4v) is 5.03. The van der Waals surface area contributed by atoms with Gasteiger partial charge in [-0.25, -0.2) is 0 Å². The number of rotatable bonds is 19. The molecule has 2 heterocycles. The first kappa shape index (κ1) is 34.7. The first-order valence-electron chi connectivity index (χ1n) is 15.1. The quantitative estimate of drug-likeness (QED) is 0.0730. The molecule has 1 aliphatic rings. The van der Waals surface area contributed by atoms with Gasteiger partial charge >= 0.3 is 0 Å². The van der Waals surface area contributed by atoms with Gasteiger partial charge in [-0.2, -0.15) is 0 Å². The van der Waals surface area contributed by atoms with Gasteiger partial charge in [-0.3, -0.25) is 28.8 Å². The number of aldehydes is 1. The van der Waals surface area contributed by atoms with E-state index in [0.717, 1.165) is 31.5 Å². The van der Waals surface area contributed by atoms with Crippen molar-refractivity contribution in [3.8, 4) is 0 Å². The molecule has 13 heteroatoms. The summed E-state index contributed by atoms with van der Waals surface area (Å²) in [6, 6.07) is 8.93. The summed E-state index contributed by atoms with van der Waals surface area (Å²) >= 11 is 0. The molecule has 0 saturated carbocycles. The summed E-state index contributed by atoms with van der Waals surface area (Å²) in [6.45, 7) is 1.33. The molecule has 2 aromatic rings. The maximum atomic E-state index is 13.2. The third-order valence-electron chi connectivity index (χ3n) is 7.38. The second-order valence-corrected chi connectivity index (χ2v) is 10.9. The van der Waals surface area contributed by atoms with E-state index in [1.165, 1.54) is 6.26 Å². The minimum absolute atomic E-state index is 0.0457. The Hall–Kier alpha value is -4.78. The predicted octanol–water partition coefficient (Wildman–Crippen LogP) is 0.320. The smallest absolute Gasteiger partial charge is 0.244 e. The van der Waals surface area contributed by atoms with Gasteiger partial charge in [0.15, 0.2) is 0 Å². The fourth-order valence-electron chi connectivity index (χ4n) is 5.03. The molecule has 242 valence electrons. The molecule has 0 radical (unpaired) electrons. The van der Waals surface area contributed by atoms with Crippen LogP contribution in [0.5, 0.6) is 0 Å². The van der Waals surface area contributed by atoms with Gasteiger partial charge in [0.1, 0.15) is 24.1 Å². The van der Waals surface area contributed by atoms with Gasteiger partial charge in [0, 0.05) is 38.0 Å². The van der Waals surface area contributed by atoms with Gasteiger partial charge in [-0.15, -0.1) is 0 Å². The maximum absolute atomic E-state index is 13.2. The number of hydrogen-bond donors (Lipinski definition) is 6. The first-order chi connectivity index (χ1) is 21.7. The molecule has 0 aliphatic carbocycles. The Morgan fingerprint density at radius 1 is 0.978 bits per heavy atom. The van der Waals surface area contributed by atoms with Gasteiger partial charge in [0.25, 0.3) is 0 Å². The summed E-state index contributed by atoms with van der Waals surface area (Å²) in [5.41, 5.74) is 6.87. The van der Waals surface area contributed by atoms with E-state index in [2.05, 4.69) is 26.6 Å². The second kappa shape index (κ2) is 18.8. The topological polar surface area (TPSA) is 202 Å². The Morgan fingerprint density at radius 2 is 1.76 bits per heavy atom. The zero-order valence-electron chi connectivity index (χ0n) is 25.2. The molecule has 45 heavy (non-hydrogen) atoms. The number of nitrogens with two attached hydrogens (primary N) is 1. The maximum Gasteiger partial charge on any atom is 0.244 e. The Balaban J connectivity index is 1.52. The molecule has 0 spiro atoms. The van der Waals surface area contributed by atoms with E-state index >= 15 is 0 Å². The molecule has 1 saturated heterocycles. The average molecular weight is 623 g/mol. The van der Waals surface area contributed by atoms with Crippen molar-refractivity contribution in [2.75, 3.05) is 13.1 Å². The molecular weight excluding hydrogens is 580 g/mol. The minimum atomic E-state index is -0.888. The standard InChI is InChI=1S/C32H42N6O7/c33-31(43)26(12-3-4-14-35-28(40)13-6-16-39)37-29(41)18-22-8-1-2-9-23(22)21-36-32(44)27(20-25-11-7-17-45-25)38-30(42)19-24-10-5-15-34-24/h1-2,6-9,11,13,16-17,24,26-27,34H,3-5,10,12,14-15,18-21H2,(H2,33,43)(H,35,40)(H,36,44)(H,37,41)(H,38,42)/b13-6+/t24-,26-,27-/m0/s1. The lowest BCUT2D eigenvalue weighted by Crippen LogP contribution is -2.48. The SMILES string of the molecule is NC(=O)[C@H](CCCCNC(=O)/C=C/C=O)NC(=O)Cc1ccccc1CNC(=O)[C@H](Cc1ccco1)NC(=O)C[C@@H]1CCCN1. The van der Waals surface area contributed by atoms with Crippen molar-refractivity contribution in [3.05, 3.63) is 71.7 Å². The van der Waals surface area contributed by atoms with Crippen LogP contribution in [0.25, 0.3) is 0 Å². The summed E-state index contributed by atoms with van der Waals surface area (Å²) < 4.78 is 5.41. The Bertz CT molecular complexity index is 1320. The van der Waals surface area contributed by atoms with E-state index < -0.39 is 29.8 Å². The molecule has 3 atom stereocenters. The molecular formula is C32H42N6O7. The summed E-state index contributed by atoms with van der Waals surface area (Å²) in [5.74, 6) is -1.52. The van der Waals surface area contributed by atoms with Gasteiger partial charge in [0.2, 0.25) is 29.5 Å². The number of carbonyl (C=O) groups excluding carboxylic acids is 6. The third kappa shape index (κ3) is 12.8. The predicted molar refractivity (Wildman–Crippen MR) is 165 cm³/mol. The van der Waals surface area contributed by atoms with Crippen molar-refractivity contribution in [1.29, 1.82) is 0 Å². The van der Waals surface area contributed by atoms with Crippen LogP contribution in [0.4, 0.5) is 0 Å². The van der Waals surface area contributed by atoms with E-state index in [1.807, 2.05) is 0 Å². The Kier molecular flexibility index (Phi) is 14.5. The molecule has 0 bridgehead atoms. The van der Waals surface area contributed by atoms with Crippen LogP contribution in [0, 0.1) is 0 Å². The van der Waals surface area contributed by atoms with E-state index in [-0.39, 0.29) is 43.7 Å². The van der Waals surface area contributed by atoms with Crippen molar-refractivity contribution in [3.63, 3.8) is 0 Å². The van der Waals surface area contributed by atoms with Crippen LogP contribution in [0.3, 0.4) is 0 Å². The Morgan fingerprint density at radius 3 is 2.44 bits per heavy atom. The van der Waals surface area contributed by atoms with Crippen LogP contribution in [-0.2, 0) is 48.2 Å². The van der Waals surface area contributed by atoms with Crippen LogP contribution in [0.15, 0.2) is 59.2 Å². The van der Waals surface area contributed by atoms with Crippen LogP contribution in [0.2, 0.25) is 0 Å². The normalized spacial score (nSPS) is 15.6. The van der Waals surface area contributed by atoms with Crippen molar-refractivity contribution in [2.24, 2.45) is 5.73 Å². The number of nitrogens with one attached hydrogen (secondary N) is 5. The van der Waals surface area contributed by atoms with Crippen molar-refractivity contribution >= 4 is 35.8 Å². The number of primary amides is 1. The number of benzene rings is 1. The van der Waals surface area contributed by atoms with E-state index in [4.69, 9.17) is 10.2 Å². The molecule has 7 N–H and O–H groups in total. The van der Waals surface area contributed by atoms with Crippen molar-refractivity contribution in [2.45, 2.75) is 76.0 Å². The highest BCUT2D eigenvalue weighted by Gasteiger charge is 2.25. The lowest BCUT2D eigenvalue weighted by Gasteiger charge is -2.20. The number of allylic oxidation sites excluding steroid dienone is 1. The molecule has 0 unspecified atom stereocenters. The number of hydrogen-bond acceptors (Lipinski definition) is 8. The summed E-state index contributed by atoms with van der Waals surface area (Å²) in [6.07, 6.45) is 7.92. The Labute approximate surface area is 262 Å². The van der Waals surface area contributed by atoms with Gasteiger partial charge in [0.05, 0.1) is 12.7 Å². The molecule has 1 aliphatic heterocycles.